The Morgan fingerprint density at radius 2 is 1.09 bits per heavy atom. The minimum Gasteiger partial charge on any atom is -0.427 e. The van der Waals surface area contributed by atoms with E-state index >= 15 is 0 Å². The van der Waals surface area contributed by atoms with Crippen molar-refractivity contribution in [1.29, 1.82) is 0 Å². The van der Waals surface area contributed by atoms with Gasteiger partial charge in [-0.3, -0.25) is 4.79 Å². The molecule has 0 aliphatic rings. The van der Waals surface area contributed by atoms with E-state index < -0.39 is 0 Å². The highest BCUT2D eigenvalue weighted by Crippen LogP contribution is 2.17. The van der Waals surface area contributed by atoms with E-state index in [1.165, 1.54) is 115 Å². The Labute approximate surface area is 212 Å². The van der Waals surface area contributed by atoms with Crippen LogP contribution in [0.1, 0.15) is 148 Å². The first-order chi connectivity index (χ1) is 16.8. The van der Waals surface area contributed by atoms with Crippen LogP contribution in [0, 0.1) is 0 Å². The summed E-state index contributed by atoms with van der Waals surface area (Å²) >= 11 is 0. The Morgan fingerprint density at radius 3 is 1.65 bits per heavy atom. The van der Waals surface area contributed by atoms with Crippen molar-refractivity contribution < 1.29 is 9.53 Å². The molecule has 0 unspecified atom stereocenters. The summed E-state index contributed by atoms with van der Waals surface area (Å²) in [5, 5.41) is 0. The molecule has 1 aromatic carbocycles. The molecule has 0 aliphatic carbocycles. The zero-order valence-electron chi connectivity index (χ0n) is 22.6. The van der Waals surface area contributed by atoms with Gasteiger partial charge in [0.25, 0.3) is 0 Å². The van der Waals surface area contributed by atoms with Crippen LogP contribution in [0.3, 0.4) is 0 Å². The van der Waals surface area contributed by atoms with Crippen LogP contribution in [-0.4, -0.2) is 5.97 Å². The van der Waals surface area contributed by atoms with Crippen molar-refractivity contribution in [3.8, 4) is 5.75 Å². The molecule has 0 saturated heterocycles. The lowest BCUT2D eigenvalue weighted by atomic mass is 10.0. The molecule has 0 atom stereocenters. The molecule has 0 spiro atoms. The van der Waals surface area contributed by atoms with Gasteiger partial charge in [-0.15, -0.1) is 0 Å². The van der Waals surface area contributed by atoms with Crippen LogP contribution in [0.15, 0.2) is 36.4 Å². The monoisotopic (exact) mass is 470 g/mol. The number of hydrogen-bond donors (Lipinski definition) is 0. The Balaban J connectivity index is 1.95. The molecular formula is C32H54O2. The standard InChI is InChI=1S/C32H54O2/c1-3-5-7-9-11-12-13-14-15-16-17-18-19-21-23-25-32(33)34-31-28-26-30(27-29-31)24-22-20-10-8-6-4-2/h14-15,26-29H,3-13,16-25H2,1-2H3/b15-14-. The van der Waals surface area contributed by atoms with Gasteiger partial charge >= 0.3 is 5.97 Å². The summed E-state index contributed by atoms with van der Waals surface area (Å²) in [7, 11) is 0. The molecule has 1 aromatic rings. The van der Waals surface area contributed by atoms with Gasteiger partial charge in [-0.05, 0) is 62.6 Å². The highest BCUT2D eigenvalue weighted by Gasteiger charge is 2.05. The highest BCUT2D eigenvalue weighted by molar-refractivity contribution is 5.72. The number of aryl methyl sites for hydroxylation is 1. The number of benzene rings is 1. The fourth-order valence-corrected chi connectivity index (χ4v) is 4.36. The van der Waals surface area contributed by atoms with E-state index in [0.29, 0.717) is 12.2 Å². The maximum Gasteiger partial charge on any atom is 0.311 e. The van der Waals surface area contributed by atoms with E-state index in [1.54, 1.807) is 0 Å². The smallest absolute Gasteiger partial charge is 0.311 e. The minimum atomic E-state index is -0.0960. The van der Waals surface area contributed by atoms with Crippen molar-refractivity contribution >= 4 is 5.97 Å². The van der Waals surface area contributed by atoms with Gasteiger partial charge in [-0.2, -0.15) is 0 Å². The average molecular weight is 471 g/mol. The van der Waals surface area contributed by atoms with Gasteiger partial charge in [0.1, 0.15) is 5.75 Å². The third kappa shape index (κ3) is 18.8. The van der Waals surface area contributed by atoms with Gasteiger partial charge < -0.3 is 4.74 Å². The number of carbonyl (C=O) groups is 1. The minimum absolute atomic E-state index is 0.0960. The summed E-state index contributed by atoms with van der Waals surface area (Å²) in [5.74, 6) is 0.589. The van der Waals surface area contributed by atoms with Crippen molar-refractivity contribution in [2.45, 2.75) is 149 Å². The predicted octanol–water partition coefficient (Wildman–Crippen LogP) is 10.5. The largest absolute Gasteiger partial charge is 0.427 e. The van der Waals surface area contributed by atoms with Gasteiger partial charge in [-0.25, -0.2) is 0 Å². The third-order valence-electron chi connectivity index (χ3n) is 6.62. The number of unbranched alkanes of at least 4 members (excludes halogenated alkanes) is 16. The lowest BCUT2D eigenvalue weighted by Crippen LogP contribution is -2.07. The van der Waals surface area contributed by atoms with Gasteiger partial charge in [-0.1, -0.05) is 122 Å². The summed E-state index contributed by atoms with van der Waals surface area (Å²) in [4.78, 5) is 12.1. The van der Waals surface area contributed by atoms with Crippen molar-refractivity contribution in [2.75, 3.05) is 0 Å². The first kappa shape index (κ1) is 30.5. The Bertz CT molecular complexity index is 602. The summed E-state index contributed by atoms with van der Waals surface area (Å²) in [6.07, 6.45) is 30.8. The van der Waals surface area contributed by atoms with Gasteiger partial charge in [0.2, 0.25) is 0 Å². The van der Waals surface area contributed by atoms with Crippen molar-refractivity contribution in [3.05, 3.63) is 42.0 Å². The van der Waals surface area contributed by atoms with Crippen LogP contribution >= 0.6 is 0 Å². The number of hydrogen-bond acceptors (Lipinski definition) is 2. The molecule has 0 amide bonds. The third-order valence-corrected chi connectivity index (χ3v) is 6.62. The lowest BCUT2D eigenvalue weighted by molar-refractivity contribution is -0.134. The average Bonchev–Trinajstić information content (AvgIpc) is 2.84. The van der Waals surface area contributed by atoms with E-state index in [1.807, 2.05) is 12.1 Å². The molecule has 0 heterocycles. The van der Waals surface area contributed by atoms with E-state index in [0.717, 1.165) is 19.3 Å². The molecule has 0 N–H and O–H groups in total. The zero-order chi connectivity index (χ0) is 24.5. The molecule has 0 aliphatic heterocycles. The SMILES string of the molecule is CCCCCCCC/C=C\CCCCCCCC(=O)Oc1ccc(CCCCCCCC)cc1. The summed E-state index contributed by atoms with van der Waals surface area (Å²) in [5.41, 5.74) is 1.34. The van der Waals surface area contributed by atoms with Crippen LogP contribution in [0.5, 0.6) is 5.75 Å². The van der Waals surface area contributed by atoms with E-state index in [4.69, 9.17) is 4.74 Å². The second kappa shape index (κ2) is 23.2. The number of ether oxygens (including phenoxy) is 1. The van der Waals surface area contributed by atoms with E-state index in [9.17, 15) is 4.79 Å². The van der Waals surface area contributed by atoms with E-state index in [-0.39, 0.29) is 5.97 Å². The van der Waals surface area contributed by atoms with Gasteiger partial charge in [0.05, 0.1) is 0 Å². The highest BCUT2D eigenvalue weighted by atomic mass is 16.5. The summed E-state index contributed by atoms with van der Waals surface area (Å²) in [6, 6.07) is 8.11. The van der Waals surface area contributed by atoms with Crippen molar-refractivity contribution in [2.24, 2.45) is 0 Å². The molecule has 2 nitrogen and oxygen atoms in total. The second-order valence-corrected chi connectivity index (χ2v) is 9.97. The number of rotatable bonds is 23. The quantitative estimate of drug-likeness (QED) is 0.0688. The summed E-state index contributed by atoms with van der Waals surface area (Å²) < 4.78 is 5.51. The van der Waals surface area contributed by atoms with Crippen molar-refractivity contribution in [1.82, 2.24) is 0 Å². The molecule has 0 bridgehead atoms. The van der Waals surface area contributed by atoms with E-state index in [2.05, 4.69) is 38.1 Å². The topological polar surface area (TPSA) is 26.3 Å². The molecule has 0 radical (unpaired) electrons. The first-order valence-electron chi connectivity index (χ1n) is 14.7. The fraction of sp³-hybridized carbons (Fsp3) is 0.719. The second-order valence-electron chi connectivity index (χ2n) is 9.97. The summed E-state index contributed by atoms with van der Waals surface area (Å²) in [6.45, 7) is 4.53. The molecule has 2 heteroatoms. The van der Waals surface area contributed by atoms with Crippen LogP contribution in [0.2, 0.25) is 0 Å². The van der Waals surface area contributed by atoms with Crippen LogP contribution < -0.4 is 4.74 Å². The lowest BCUT2D eigenvalue weighted by Gasteiger charge is -2.06. The van der Waals surface area contributed by atoms with Crippen LogP contribution in [0.4, 0.5) is 0 Å². The molecule has 1 rings (SSSR count). The Morgan fingerprint density at radius 1 is 0.618 bits per heavy atom. The zero-order valence-corrected chi connectivity index (χ0v) is 22.6. The maximum atomic E-state index is 12.1. The molecule has 194 valence electrons. The Kier molecular flexibility index (Phi) is 20.8. The van der Waals surface area contributed by atoms with Gasteiger partial charge in [0.15, 0.2) is 0 Å². The number of carbonyl (C=O) groups excluding carboxylic acids is 1. The number of esters is 1. The number of allylic oxidation sites excluding steroid dienone is 2. The van der Waals surface area contributed by atoms with Gasteiger partial charge in [0, 0.05) is 6.42 Å². The fourth-order valence-electron chi connectivity index (χ4n) is 4.36. The molecule has 0 fully saturated rings. The normalized spacial score (nSPS) is 11.4. The molecule has 34 heavy (non-hydrogen) atoms. The van der Waals surface area contributed by atoms with Crippen molar-refractivity contribution in [3.63, 3.8) is 0 Å². The Hall–Kier alpha value is -1.57. The van der Waals surface area contributed by atoms with Crippen LogP contribution in [0.25, 0.3) is 0 Å². The molecule has 0 saturated carbocycles. The molecular weight excluding hydrogens is 416 g/mol. The predicted molar refractivity (Wildman–Crippen MR) is 149 cm³/mol. The maximum absolute atomic E-state index is 12.1. The first-order valence-corrected chi connectivity index (χ1v) is 14.7. The molecule has 0 aromatic heterocycles. The van der Waals surface area contributed by atoms with Crippen LogP contribution in [-0.2, 0) is 11.2 Å².